The van der Waals surface area contributed by atoms with Crippen molar-refractivity contribution < 1.29 is 14.6 Å². The van der Waals surface area contributed by atoms with E-state index in [0.29, 0.717) is 12.0 Å². The minimum Gasteiger partial charge on any atom is -0.480 e. The van der Waals surface area contributed by atoms with Gasteiger partial charge < -0.3 is 9.84 Å². The predicted molar refractivity (Wildman–Crippen MR) is 62.5 cm³/mol. The molecule has 0 bridgehead atoms. The van der Waals surface area contributed by atoms with Crippen molar-refractivity contribution in [3.63, 3.8) is 0 Å². The largest absolute Gasteiger partial charge is 0.480 e. The number of likely N-dealkylation sites (N-methyl/N-ethyl adjacent to an activating group) is 1. The van der Waals surface area contributed by atoms with Gasteiger partial charge in [0, 0.05) is 12.6 Å². The molecule has 0 aliphatic carbocycles. The van der Waals surface area contributed by atoms with Crippen molar-refractivity contribution in [1.29, 1.82) is 0 Å². The van der Waals surface area contributed by atoms with E-state index >= 15 is 0 Å². The summed E-state index contributed by atoms with van der Waals surface area (Å²) < 4.78 is 5.69. The fraction of sp³-hybridized carbons (Fsp3) is 0.917. The van der Waals surface area contributed by atoms with Gasteiger partial charge in [-0.25, -0.2) is 0 Å². The van der Waals surface area contributed by atoms with Crippen LogP contribution in [0, 0.1) is 5.92 Å². The summed E-state index contributed by atoms with van der Waals surface area (Å²) in [4.78, 5) is 12.9. The molecule has 1 fully saturated rings. The van der Waals surface area contributed by atoms with Gasteiger partial charge in [-0.1, -0.05) is 13.8 Å². The fourth-order valence-corrected chi connectivity index (χ4v) is 2.13. The minimum atomic E-state index is -0.755. The van der Waals surface area contributed by atoms with Crippen LogP contribution in [-0.4, -0.2) is 47.8 Å². The highest BCUT2D eigenvalue weighted by atomic mass is 16.5. The number of hydrogen-bond acceptors (Lipinski definition) is 3. The second-order valence-electron chi connectivity index (χ2n) is 5.01. The summed E-state index contributed by atoms with van der Waals surface area (Å²) in [5.74, 6) is -0.258. The molecule has 0 spiro atoms. The Kier molecular flexibility index (Phi) is 4.74. The molecule has 0 aromatic heterocycles. The van der Waals surface area contributed by atoms with Gasteiger partial charge in [-0.05, 0) is 32.7 Å². The molecular formula is C12H23NO3. The van der Waals surface area contributed by atoms with E-state index < -0.39 is 12.0 Å². The van der Waals surface area contributed by atoms with E-state index in [1.165, 1.54) is 0 Å². The highest BCUT2D eigenvalue weighted by molar-refractivity contribution is 5.72. The van der Waals surface area contributed by atoms with Crippen LogP contribution in [0.1, 0.15) is 33.6 Å². The molecule has 1 rings (SSSR count). The molecule has 1 saturated heterocycles. The van der Waals surface area contributed by atoms with E-state index in [1.807, 2.05) is 11.9 Å². The number of carboxylic acid groups (broad SMARTS) is 1. The summed E-state index contributed by atoms with van der Waals surface area (Å²) in [6.07, 6.45) is 2.13. The molecule has 1 aliphatic heterocycles. The number of hydrogen-bond donors (Lipinski definition) is 1. The lowest BCUT2D eigenvalue weighted by Crippen LogP contribution is -2.48. The highest BCUT2D eigenvalue weighted by Crippen LogP contribution is 2.24. The molecular weight excluding hydrogens is 206 g/mol. The van der Waals surface area contributed by atoms with Crippen molar-refractivity contribution in [2.45, 2.75) is 51.8 Å². The molecule has 0 aromatic rings. The van der Waals surface area contributed by atoms with Crippen molar-refractivity contribution in [2.75, 3.05) is 13.7 Å². The second-order valence-corrected chi connectivity index (χ2v) is 5.01. The van der Waals surface area contributed by atoms with Crippen LogP contribution in [0.15, 0.2) is 0 Å². The van der Waals surface area contributed by atoms with Gasteiger partial charge in [-0.15, -0.1) is 0 Å². The van der Waals surface area contributed by atoms with Crippen LogP contribution in [-0.2, 0) is 9.53 Å². The van der Waals surface area contributed by atoms with Gasteiger partial charge in [0.25, 0.3) is 0 Å². The third kappa shape index (κ3) is 3.19. The first kappa shape index (κ1) is 13.5. The van der Waals surface area contributed by atoms with Crippen molar-refractivity contribution in [1.82, 2.24) is 4.90 Å². The molecule has 0 amide bonds. The average molecular weight is 229 g/mol. The van der Waals surface area contributed by atoms with Crippen molar-refractivity contribution >= 4 is 5.97 Å². The molecule has 94 valence electrons. The molecule has 1 N–H and O–H groups in total. The SMILES string of the molecule is CC(C)C1CC(N(C)C(C)C(=O)O)CCO1. The van der Waals surface area contributed by atoms with Crippen molar-refractivity contribution in [2.24, 2.45) is 5.92 Å². The number of rotatable bonds is 4. The number of aliphatic carboxylic acids is 1. The van der Waals surface area contributed by atoms with E-state index in [2.05, 4.69) is 13.8 Å². The summed E-state index contributed by atoms with van der Waals surface area (Å²) in [6.45, 7) is 6.77. The number of ether oxygens (including phenoxy) is 1. The Morgan fingerprint density at radius 1 is 1.44 bits per heavy atom. The summed E-state index contributed by atoms with van der Waals surface area (Å²) in [6, 6.07) is -0.0943. The van der Waals surface area contributed by atoms with Crippen molar-refractivity contribution in [3.8, 4) is 0 Å². The zero-order valence-corrected chi connectivity index (χ0v) is 10.6. The van der Waals surface area contributed by atoms with Gasteiger partial charge in [-0.3, -0.25) is 9.69 Å². The lowest BCUT2D eigenvalue weighted by atomic mass is 9.94. The number of nitrogens with zero attached hydrogens (tertiary/aromatic N) is 1. The minimum absolute atomic E-state index is 0.266. The maximum atomic E-state index is 10.9. The molecule has 16 heavy (non-hydrogen) atoms. The quantitative estimate of drug-likeness (QED) is 0.795. The molecule has 0 aromatic carbocycles. The van der Waals surface area contributed by atoms with Crippen LogP contribution in [0.4, 0.5) is 0 Å². The first-order valence-electron chi connectivity index (χ1n) is 5.99. The van der Waals surface area contributed by atoms with Gasteiger partial charge >= 0.3 is 5.97 Å². The molecule has 1 aliphatic rings. The van der Waals surface area contributed by atoms with E-state index in [4.69, 9.17) is 9.84 Å². The summed E-state index contributed by atoms with van der Waals surface area (Å²) >= 11 is 0. The van der Waals surface area contributed by atoms with Crippen LogP contribution >= 0.6 is 0 Å². The second kappa shape index (κ2) is 5.64. The third-order valence-electron chi connectivity index (χ3n) is 3.58. The van der Waals surface area contributed by atoms with E-state index in [1.54, 1.807) is 6.92 Å². The van der Waals surface area contributed by atoms with Gasteiger partial charge in [-0.2, -0.15) is 0 Å². The van der Waals surface area contributed by atoms with Crippen LogP contribution in [0.25, 0.3) is 0 Å². The Morgan fingerprint density at radius 2 is 2.06 bits per heavy atom. The molecule has 3 unspecified atom stereocenters. The van der Waals surface area contributed by atoms with Crippen LogP contribution < -0.4 is 0 Å². The van der Waals surface area contributed by atoms with Crippen LogP contribution in [0.2, 0.25) is 0 Å². The predicted octanol–water partition coefficient (Wildman–Crippen LogP) is 1.59. The summed E-state index contributed by atoms with van der Waals surface area (Å²) in [7, 11) is 1.90. The van der Waals surface area contributed by atoms with Gasteiger partial charge in [0.2, 0.25) is 0 Å². The third-order valence-corrected chi connectivity index (χ3v) is 3.58. The zero-order valence-electron chi connectivity index (χ0n) is 10.6. The fourth-order valence-electron chi connectivity index (χ4n) is 2.13. The maximum Gasteiger partial charge on any atom is 0.320 e. The topological polar surface area (TPSA) is 49.8 Å². The molecule has 4 nitrogen and oxygen atoms in total. The average Bonchev–Trinajstić information content (AvgIpc) is 2.27. The Hall–Kier alpha value is -0.610. The van der Waals surface area contributed by atoms with E-state index in [0.717, 1.165) is 19.4 Å². The zero-order chi connectivity index (χ0) is 12.3. The van der Waals surface area contributed by atoms with E-state index in [9.17, 15) is 4.79 Å². The normalized spacial score (nSPS) is 28.4. The summed E-state index contributed by atoms with van der Waals surface area (Å²) in [5, 5.41) is 8.99. The Labute approximate surface area is 97.6 Å². The Bertz CT molecular complexity index is 242. The van der Waals surface area contributed by atoms with Crippen LogP contribution in [0.3, 0.4) is 0 Å². The smallest absolute Gasteiger partial charge is 0.320 e. The molecule has 4 heteroatoms. The molecule has 0 saturated carbocycles. The van der Waals surface area contributed by atoms with Crippen molar-refractivity contribution in [3.05, 3.63) is 0 Å². The maximum absolute atomic E-state index is 10.9. The Morgan fingerprint density at radius 3 is 2.56 bits per heavy atom. The van der Waals surface area contributed by atoms with Gasteiger partial charge in [0.05, 0.1) is 6.10 Å². The monoisotopic (exact) mass is 229 g/mol. The number of carbonyl (C=O) groups is 1. The first-order chi connectivity index (χ1) is 7.43. The molecule has 1 heterocycles. The standard InChI is InChI=1S/C12H23NO3/c1-8(2)11-7-10(5-6-16-11)13(4)9(3)12(14)15/h8-11H,5-7H2,1-4H3,(H,14,15). The lowest BCUT2D eigenvalue weighted by molar-refractivity contribution is -0.144. The van der Waals surface area contributed by atoms with Gasteiger partial charge in [0.15, 0.2) is 0 Å². The van der Waals surface area contributed by atoms with E-state index in [-0.39, 0.29) is 6.10 Å². The first-order valence-corrected chi connectivity index (χ1v) is 5.99. The van der Waals surface area contributed by atoms with Crippen LogP contribution in [0.5, 0.6) is 0 Å². The lowest BCUT2D eigenvalue weighted by Gasteiger charge is -2.38. The molecule has 3 atom stereocenters. The Balaban J connectivity index is 2.56. The summed E-state index contributed by atoms with van der Waals surface area (Å²) in [5.41, 5.74) is 0. The highest BCUT2D eigenvalue weighted by Gasteiger charge is 2.31. The number of carboxylic acids is 1. The molecule has 0 radical (unpaired) electrons. The van der Waals surface area contributed by atoms with Gasteiger partial charge in [0.1, 0.15) is 6.04 Å².